The number of rotatable bonds is 2. The number of ether oxygens (including phenoxy) is 2. The summed E-state index contributed by atoms with van der Waals surface area (Å²) in [6.45, 7) is 1.94. The first kappa shape index (κ1) is 15.6. The Morgan fingerprint density at radius 2 is 1.91 bits per heavy atom. The number of carbonyl (C=O) groups is 2. The van der Waals surface area contributed by atoms with Gasteiger partial charge in [-0.1, -0.05) is 6.42 Å². The van der Waals surface area contributed by atoms with Crippen molar-refractivity contribution in [3.05, 3.63) is 0 Å². The van der Waals surface area contributed by atoms with Crippen molar-refractivity contribution >= 4 is 12.1 Å². The fraction of sp³-hybridized carbons (Fsp3) is 0.867. The summed E-state index contributed by atoms with van der Waals surface area (Å²) in [6, 6.07) is -0.334. The van der Waals surface area contributed by atoms with Gasteiger partial charge in [-0.3, -0.25) is 4.79 Å². The van der Waals surface area contributed by atoms with Crippen LogP contribution in [0.5, 0.6) is 0 Å². The monoisotopic (exact) mass is 312 g/mol. The van der Waals surface area contributed by atoms with Crippen molar-refractivity contribution in [2.45, 2.75) is 63.2 Å². The molecule has 1 N–H and O–H groups in total. The Bertz CT molecular complexity index is 416. The van der Waals surface area contributed by atoms with E-state index in [1.54, 1.807) is 0 Å². The van der Waals surface area contributed by atoms with Gasteiger partial charge in [0, 0.05) is 32.4 Å². The second-order valence-corrected chi connectivity index (χ2v) is 6.34. The van der Waals surface area contributed by atoms with Crippen molar-refractivity contribution in [3.8, 4) is 0 Å². The molecule has 2 saturated heterocycles. The van der Waals surface area contributed by atoms with E-state index >= 15 is 0 Å². The van der Waals surface area contributed by atoms with Crippen LogP contribution in [-0.2, 0) is 19.1 Å². The lowest BCUT2D eigenvalue weighted by atomic mass is 9.94. The highest BCUT2D eigenvalue weighted by atomic mass is 16.9. The van der Waals surface area contributed by atoms with E-state index in [0.717, 1.165) is 45.2 Å². The summed E-state index contributed by atoms with van der Waals surface area (Å²) in [6.07, 6.45) is 6.06. The third-order valence-electron chi connectivity index (χ3n) is 4.62. The molecule has 3 aliphatic rings. The minimum atomic E-state index is -0.869. The van der Waals surface area contributed by atoms with Crippen LogP contribution in [0, 0.1) is 0 Å². The number of likely N-dealkylation sites (tertiary alicyclic amines) is 1. The molecule has 0 aromatic carbocycles. The average Bonchev–Trinajstić information content (AvgIpc) is 3.04. The second kappa shape index (κ2) is 6.83. The molecule has 7 heteroatoms. The van der Waals surface area contributed by atoms with E-state index in [1.807, 2.05) is 4.90 Å². The van der Waals surface area contributed by atoms with Crippen LogP contribution in [-0.4, -0.2) is 48.5 Å². The molecule has 22 heavy (non-hydrogen) atoms. The molecule has 7 nitrogen and oxygen atoms in total. The summed E-state index contributed by atoms with van der Waals surface area (Å²) in [4.78, 5) is 30.7. The number of amides is 1. The van der Waals surface area contributed by atoms with Gasteiger partial charge in [0.15, 0.2) is 0 Å². The van der Waals surface area contributed by atoms with Gasteiger partial charge in [-0.25, -0.2) is 4.79 Å². The molecule has 0 radical (unpaired) electrons. The quantitative estimate of drug-likeness (QED) is 0.782. The Morgan fingerprint density at radius 3 is 2.64 bits per heavy atom. The average molecular weight is 312 g/mol. The normalized spacial score (nSPS) is 28.6. The standard InChI is InChI=1S/C15H24N2O5/c18-13(17-8-4-5-9-17)10-12-11-20-15(6-2-1-3-7-15)21-14(19)22-16-12/h12,16H,1-11H2/t12-/m1/s1. The van der Waals surface area contributed by atoms with Crippen LogP contribution in [0.3, 0.4) is 0 Å². The molecular weight excluding hydrogens is 288 g/mol. The molecule has 3 rings (SSSR count). The number of nitrogens with one attached hydrogen (secondary N) is 1. The Morgan fingerprint density at radius 1 is 1.18 bits per heavy atom. The molecule has 2 aliphatic heterocycles. The van der Waals surface area contributed by atoms with Gasteiger partial charge >= 0.3 is 6.16 Å². The largest absolute Gasteiger partial charge is 0.530 e. The highest BCUT2D eigenvalue weighted by Gasteiger charge is 2.40. The summed E-state index contributed by atoms with van der Waals surface area (Å²) in [5.41, 5.74) is 2.60. The smallest absolute Gasteiger partial charge is 0.400 e. The van der Waals surface area contributed by atoms with Gasteiger partial charge in [-0.05, 0) is 25.7 Å². The maximum Gasteiger partial charge on any atom is 0.530 e. The van der Waals surface area contributed by atoms with E-state index in [9.17, 15) is 9.59 Å². The number of carbonyl (C=O) groups excluding carboxylic acids is 2. The predicted octanol–water partition coefficient (Wildman–Crippen LogP) is 1.72. The SMILES string of the molecule is O=C1ON[C@H](CC(=O)N2CCCC2)COC2(CCCCC2)O1. The first-order valence-corrected chi connectivity index (χ1v) is 8.24. The maximum absolute atomic E-state index is 12.2. The number of nitrogens with zero attached hydrogens (tertiary/aromatic N) is 1. The minimum Gasteiger partial charge on any atom is -0.400 e. The van der Waals surface area contributed by atoms with Crippen LogP contribution in [0.4, 0.5) is 4.79 Å². The lowest BCUT2D eigenvalue weighted by molar-refractivity contribution is -0.251. The fourth-order valence-electron chi connectivity index (χ4n) is 3.36. The van der Waals surface area contributed by atoms with Gasteiger partial charge in [-0.15, -0.1) is 5.48 Å². The van der Waals surface area contributed by atoms with E-state index in [4.69, 9.17) is 14.3 Å². The molecule has 0 unspecified atom stereocenters. The Balaban J connectivity index is 1.58. The van der Waals surface area contributed by atoms with Crippen molar-refractivity contribution in [1.29, 1.82) is 0 Å². The van der Waals surface area contributed by atoms with Crippen molar-refractivity contribution in [2.24, 2.45) is 0 Å². The molecule has 1 spiro atoms. The molecule has 0 aromatic rings. The topological polar surface area (TPSA) is 77.1 Å². The fourth-order valence-corrected chi connectivity index (χ4v) is 3.36. The Hall–Kier alpha value is -1.34. The number of hydroxylamine groups is 1. The van der Waals surface area contributed by atoms with Crippen LogP contribution in [0.25, 0.3) is 0 Å². The maximum atomic E-state index is 12.2. The summed E-state index contributed by atoms with van der Waals surface area (Å²) in [5.74, 6) is -0.791. The first-order chi connectivity index (χ1) is 10.7. The molecule has 1 atom stereocenters. The van der Waals surface area contributed by atoms with E-state index < -0.39 is 11.9 Å². The highest BCUT2D eigenvalue weighted by molar-refractivity contribution is 5.77. The lowest BCUT2D eigenvalue weighted by Crippen LogP contribution is -2.50. The molecule has 124 valence electrons. The van der Waals surface area contributed by atoms with Crippen molar-refractivity contribution in [3.63, 3.8) is 0 Å². The van der Waals surface area contributed by atoms with Gasteiger partial charge in [0.05, 0.1) is 12.6 Å². The summed E-state index contributed by atoms with van der Waals surface area (Å²) in [5, 5.41) is 0. The molecule has 0 aromatic heterocycles. The van der Waals surface area contributed by atoms with Gasteiger partial charge < -0.3 is 19.2 Å². The summed E-state index contributed by atoms with van der Waals surface area (Å²) < 4.78 is 11.2. The molecule has 2 heterocycles. The zero-order valence-corrected chi connectivity index (χ0v) is 12.8. The van der Waals surface area contributed by atoms with E-state index in [-0.39, 0.29) is 18.4 Å². The number of hydrogen-bond donors (Lipinski definition) is 1. The predicted molar refractivity (Wildman–Crippen MR) is 76.7 cm³/mol. The zero-order chi connectivity index (χ0) is 15.4. The van der Waals surface area contributed by atoms with Crippen molar-refractivity contribution in [2.75, 3.05) is 19.7 Å². The van der Waals surface area contributed by atoms with Crippen molar-refractivity contribution < 1.29 is 23.9 Å². The van der Waals surface area contributed by atoms with Crippen LogP contribution >= 0.6 is 0 Å². The molecule has 1 aliphatic carbocycles. The molecule has 0 bridgehead atoms. The van der Waals surface area contributed by atoms with Gasteiger partial charge in [0.25, 0.3) is 0 Å². The summed E-state index contributed by atoms with van der Waals surface area (Å²) in [7, 11) is 0. The van der Waals surface area contributed by atoms with Crippen LogP contribution in [0.15, 0.2) is 0 Å². The molecule has 1 saturated carbocycles. The van der Waals surface area contributed by atoms with Crippen LogP contribution in [0.1, 0.15) is 51.4 Å². The first-order valence-electron chi connectivity index (χ1n) is 8.24. The van der Waals surface area contributed by atoms with Gasteiger partial charge in [-0.2, -0.15) is 0 Å². The van der Waals surface area contributed by atoms with E-state index in [1.165, 1.54) is 0 Å². The molecule has 3 fully saturated rings. The second-order valence-electron chi connectivity index (χ2n) is 6.34. The summed E-state index contributed by atoms with van der Waals surface area (Å²) >= 11 is 0. The van der Waals surface area contributed by atoms with Crippen LogP contribution < -0.4 is 5.48 Å². The third-order valence-corrected chi connectivity index (χ3v) is 4.62. The molecular formula is C15H24N2O5. The van der Waals surface area contributed by atoms with E-state index in [0.29, 0.717) is 19.4 Å². The zero-order valence-electron chi connectivity index (χ0n) is 12.8. The Labute approximate surface area is 130 Å². The Kier molecular flexibility index (Phi) is 4.83. The van der Waals surface area contributed by atoms with Crippen molar-refractivity contribution in [1.82, 2.24) is 10.4 Å². The van der Waals surface area contributed by atoms with Crippen LogP contribution in [0.2, 0.25) is 0 Å². The lowest BCUT2D eigenvalue weighted by Gasteiger charge is -2.38. The van der Waals surface area contributed by atoms with Gasteiger partial charge in [0.2, 0.25) is 11.7 Å². The molecule has 1 amide bonds. The highest BCUT2D eigenvalue weighted by Crippen LogP contribution is 2.34. The third kappa shape index (κ3) is 3.70. The van der Waals surface area contributed by atoms with Gasteiger partial charge in [0.1, 0.15) is 0 Å². The number of hydrogen-bond acceptors (Lipinski definition) is 6. The minimum absolute atomic E-state index is 0.0776. The van der Waals surface area contributed by atoms with E-state index in [2.05, 4.69) is 5.48 Å².